The highest BCUT2D eigenvalue weighted by Gasteiger charge is 2.25. The number of furan rings is 1. The van der Waals surface area contributed by atoms with Crippen molar-refractivity contribution in [2.45, 2.75) is 35.2 Å². The van der Waals surface area contributed by atoms with Crippen molar-refractivity contribution in [1.82, 2.24) is 9.55 Å². The van der Waals surface area contributed by atoms with Crippen LogP contribution in [0.2, 0.25) is 0 Å². The molecule has 0 aliphatic carbocycles. The van der Waals surface area contributed by atoms with Crippen LogP contribution in [0.5, 0.6) is 0 Å². The monoisotopic (exact) mass is 477 g/mol. The van der Waals surface area contributed by atoms with Crippen molar-refractivity contribution in [1.29, 1.82) is 0 Å². The highest BCUT2D eigenvalue weighted by molar-refractivity contribution is 8.00. The Kier molecular flexibility index (Phi) is 6.28. The molecule has 168 valence electrons. The summed E-state index contributed by atoms with van der Waals surface area (Å²) in [5.41, 5.74) is 1.44. The second-order valence-corrected chi connectivity index (χ2v) is 10.3. The van der Waals surface area contributed by atoms with Crippen LogP contribution >= 0.6 is 23.5 Å². The second-order valence-electron chi connectivity index (χ2n) is 7.90. The number of fused-ring (bicyclic) bond motifs is 2. The van der Waals surface area contributed by atoms with E-state index in [1.54, 1.807) is 23.0 Å². The largest absolute Gasteiger partial charge is 0.467 e. The number of thioether (sulfide) groups is 2. The van der Waals surface area contributed by atoms with Crippen molar-refractivity contribution in [3.8, 4) is 0 Å². The summed E-state index contributed by atoms with van der Waals surface area (Å²) in [6, 6.07) is 19.0. The van der Waals surface area contributed by atoms with Gasteiger partial charge in [0.15, 0.2) is 5.16 Å². The molecule has 8 heteroatoms. The number of nitrogens with zero attached hydrogens (tertiary/aromatic N) is 3. The van der Waals surface area contributed by atoms with Crippen molar-refractivity contribution in [2.24, 2.45) is 0 Å². The third kappa shape index (κ3) is 4.58. The van der Waals surface area contributed by atoms with Gasteiger partial charge in [-0.3, -0.25) is 14.2 Å². The van der Waals surface area contributed by atoms with E-state index in [1.807, 2.05) is 59.1 Å². The lowest BCUT2D eigenvalue weighted by Crippen LogP contribution is -2.34. The highest BCUT2D eigenvalue weighted by atomic mass is 32.2. The molecule has 0 bridgehead atoms. The number of hydrogen-bond acceptors (Lipinski definition) is 6. The van der Waals surface area contributed by atoms with Crippen molar-refractivity contribution in [2.75, 3.05) is 17.2 Å². The maximum Gasteiger partial charge on any atom is 0.262 e. The maximum atomic E-state index is 13.3. The van der Waals surface area contributed by atoms with E-state index in [1.165, 1.54) is 11.8 Å². The van der Waals surface area contributed by atoms with Gasteiger partial charge in [0.05, 0.1) is 35.2 Å². The van der Waals surface area contributed by atoms with Gasteiger partial charge in [-0.15, -0.1) is 11.8 Å². The molecule has 1 aliphatic heterocycles. The highest BCUT2D eigenvalue weighted by Crippen LogP contribution is 2.37. The van der Waals surface area contributed by atoms with Crippen LogP contribution in [0.1, 0.15) is 19.1 Å². The van der Waals surface area contributed by atoms with Gasteiger partial charge in [0.2, 0.25) is 5.91 Å². The van der Waals surface area contributed by atoms with Gasteiger partial charge in [0.25, 0.3) is 5.56 Å². The van der Waals surface area contributed by atoms with E-state index in [2.05, 4.69) is 13.0 Å². The van der Waals surface area contributed by atoms with Crippen molar-refractivity contribution >= 4 is 46.0 Å². The van der Waals surface area contributed by atoms with Crippen LogP contribution in [-0.4, -0.2) is 33.0 Å². The first-order chi connectivity index (χ1) is 16.1. The minimum absolute atomic E-state index is 0.00843. The minimum Gasteiger partial charge on any atom is -0.467 e. The summed E-state index contributed by atoms with van der Waals surface area (Å²) in [5.74, 6) is 0.861. The van der Waals surface area contributed by atoms with Gasteiger partial charge in [-0.05, 0) is 42.8 Å². The Labute approximate surface area is 200 Å². The first-order valence-corrected chi connectivity index (χ1v) is 12.7. The van der Waals surface area contributed by atoms with Crippen molar-refractivity contribution in [3.05, 3.63) is 83.0 Å². The number of carbonyl (C=O) groups excluding carboxylic acids is 1. The molecule has 1 unspecified atom stereocenters. The van der Waals surface area contributed by atoms with E-state index >= 15 is 0 Å². The number of rotatable bonds is 5. The molecule has 6 nitrogen and oxygen atoms in total. The minimum atomic E-state index is -0.141. The number of para-hydroxylation sites is 2. The van der Waals surface area contributed by atoms with Crippen LogP contribution in [0.25, 0.3) is 10.9 Å². The lowest BCUT2D eigenvalue weighted by Gasteiger charge is -2.22. The smallest absolute Gasteiger partial charge is 0.262 e. The fraction of sp³-hybridized carbons (Fsp3) is 0.240. The van der Waals surface area contributed by atoms with Gasteiger partial charge in [0.1, 0.15) is 5.76 Å². The standard InChI is InChI=1S/C25H23N3O3S2/c1-17-12-13-27(21-10-4-5-11-22(21)33-17)23(29)16-32-25-26-20-9-3-2-8-19(20)24(30)28(25)15-18-7-6-14-31-18/h2-11,14,17H,12-13,15-16H2,1H3. The number of anilines is 1. The van der Waals surface area contributed by atoms with Gasteiger partial charge in [0, 0.05) is 16.7 Å². The van der Waals surface area contributed by atoms with Gasteiger partial charge in [-0.1, -0.05) is 43.0 Å². The zero-order valence-corrected chi connectivity index (χ0v) is 19.8. The number of aromatic nitrogens is 2. The molecule has 0 N–H and O–H groups in total. The van der Waals surface area contributed by atoms with Gasteiger partial charge >= 0.3 is 0 Å². The van der Waals surface area contributed by atoms with Gasteiger partial charge in [-0.25, -0.2) is 4.98 Å². The zero-order valence-electron chi connectivity index (χ0n) is 18.1. The zero-order chi connectivity index (χ0) is 22.8. The summed E-state index contributed by atoms with van der Waals surface area (Å²) < 4.78 is 7.06. The Morgan fingerprint density at radius 3 is 2.82 bits per heavy atom. The quantitative estimate of drug-likeness (QED) is 0.296. The molecule has 0 saturated carbocycles. The predicted molar refractivity (Wildman–Crippen MR) is 133 cm³/mol. The molecule has 5 rings (SSSR count). The van der Waals surface area contributed by atoms with Crippen LogP contribution in [-0.2, 0) is 11.3 Å². The number of amides is 1. The normalized spacial score (nSPS) is 15.9. The number of carbonyl (C=O) groups is 1. The average Bonchev–Trinajstić information content (AvgIpc) is 3.28. The molecule has 3 heterocycles. The van der Waals surface area contributed by atoms with Crippen LogP contribution in [0.15, 0.2) is 86.2 Å². The van der Waals surface area contributed by atoms with Crippen LogP contribution in [0.4, 0.5) is 5.69 Å². The topological polar surface area (TPSA) is 68.3 Å². The van der Waals surface area contributed by atoms with Crippen molar-refractivity contribution in [3.63, 3.8) is 0 Å². The lowest BCUT2D eigenvalue weighted by atomic mass is 10.2. The molecule has 2 aromatic carbocycles. The van der Waals surface area contributed by atoms with Gasteiger partial charge in [-0.2, -0.15) is 0 Å². The molecule has 0 spiro atoms. The third-order valence-electron chi connectivity index (χ3n) is 5.59. The summed E-state index contributed by atoms with van der Waals surface area (Å²) in [5, 5.41) is 1.50. The van der Waals surface area contributed by atoms with E-state index in [9.17, 15) is 9.59 Å². The summed E-state index contributed by atoms with van der Waals surface area (Å²) >= 11 is 3.10. The average molecular weight is 478 g/mol. The summed E-state index contributed by atoms with van der Waals surface area (Å²) in [6.45, 7) is 3.13. The van der Waals surface area contributed by atoms with E-state index in [4.69, 9.17) is 9.40 Å². The van der Waals surface area contributed by atoms with Crippen LogP contribution in [0, 0.1) is 0 Å². The molecule has 4 aromatic rings. The van der Waals surface area contributed by atoms with Crippen molar-refractivity contribution < 1.29 is 9.21 Å². The van der Waals surface area contributed by atoms with E-state index in [0.29, 0.717) is 33.6 Å². The molecule has 1 amide bonds. The Morgan fingerprint density at radius 2 is 1.97 bits per heavy atom. The Bertz CT molecular complexity index is 1350. The Balaban J connectivity index is 1.45. The number of hydrogen-bond donors (Lipinski definition) is 0. The molecular weight excluding hydrogens is 454 g/mol. The Hall–Kier alpha value is -2.97. The fourth-order valence-electron chi connectivity index (χ4n) is 3.91. The first-order valence-electron chi connectivity index (χ1n) is 10.8. The Morgan fingerprint density at radius 1 is 1.15 bits per heavy atom. The van der Waals surface area contributed by atoms with Gasteiger partial charge < -0.3 is 9.32 Å². The molecular formula is C25H23N3O3S2. The van der Waals surface area contributed by atoms with E-state index in [-0.39, 0.29) is 23.8 Å². The summed E-state index contributed by atoms with van der Waals surface area (Å²) in [6.07, 6.45) is 2.51. The summed E-state index contributed by atoms with van der Waals surface area (Å²) in [7, 11) is 0. The third-order valence-corrected chi connectivity index (χ3v) is 7.79. The first kappa shape index (κ1) is 21.9. The molecule has 0 saturated heterocycles. The molecule has 33 heavy (non-hydrogen) atoms. The molecule has 0 fully saturated rings. The van der Waals surface area contributed by atoms with Crippen LogP contribution < -0.4 is 10.5 Å². The molecule has 0 radical (unpaired) electrons. The fourth-order valence-corrected chi connectivity index (χ4v) is 5.89. The summed E-state index contributed by atoms with van der Waals surface area (Å²) in [4.78, 5) is 34.3. The van der Waals surface area contributed by atoms with Crippen LogP contribution in [0.3, 0.4) is 0 Å². The number of benzene rings is 2. The molecule has 1 aliphatic rings. The van der Waals surface area contributed by atoms with E-state index in [0.717, 1.165) is 17.0 Å². The molecule has 1 atom stereocenters. The second kappa shape index (κ2) is 9.49. The lowest BCUT2D eigenvalue weighted by molar-refractivity contribution is -0.116. The van der Waals surface area contributed by atoms with E-state index < -0.39 is 0 Å². The predicted octanol–water partition coefficient (Wildman–Crippen LogP) is 5.05. The molecule has 2 aromatic heterocycles. The SMILES string of the molecule is CC1CCN(C(=O)CSc2nc3ccccc3c(=O)n2Cc2ccco2)c2ccccc2S1. The maximum absolute atomic E-state index is 13.3.